The molecular weight excluding hydrogens is 306 g/mol. The third-order valence-corrected chi connectivity index (χ3v) is 4.28. The normalized spacial score (nSPS) is 18.8. The lowest BCUT2D eigenvalue weighted by Crippen LogP contribution is -2.49. The molecule has 1 aromatic rings. The number of amides is 2. The summed E-state index contributed by atoms with van der Waals surface area (Å²) in [5, 5.41) is 9.63. The third kappa shape index (κ3) is 3.98. The van der Waals surface area contributed by atoms with Gasteiger partial charge in [0.2, 0.25) is 5.91 Å². The minimum Gasteiger partial charge on any atom is -0.348 e. The molecule has 0 spiro atoms. The summed E-state index contributed by atoms with van der Waals surface area (Å²) in [4.78, 5) is 25.7. The van der Waals surface area contributed by atoms with Crippen molar-refractivity contribution in [3.8, 4) is 0 Å². The minimum atomic E-state index is -0.460. The fourth-order valence-electron chi connectivity index (χ4n) is 2.72. The van der Waals surface area contributed by atoms with Crippen LogP contribution < -0.4 is 11.1 Å². The average Bonchev–Trinajstić information content (AvgIpc) is 2.93. The van der Waals surface area contributed by atoms with E-state index in [1.54, 1.807) is 11.8 Å². The zero-order chi connectivity index (χ0) is 16.3. The van der Waals surface area contributed by atoms with E-state index in [0.29, 0.717) is 24.2 Å². The maximum atomic E-state index is 12.0. The predicted octanol–water partition coefficient (Wildman–Crippen LogP) is 0.767. The molecule has 1 aliphatic heterocycles. The number of H-pyrrole nitrogens is 1. The van der Waals surface area contributed by atoms with Gasteiger partial charge in [0.15, 0.2) is 5.69 Å². The van der Waals surface area contributed by atoms with Gasteiger partial charge in [0.05, 0.1) is 6.04 Å². The Kier molecular flexibility index (Phi) is 5.42. The monoisotopic (exact) mass is 327 g/mol. The van der Waals surface area contributed by atoms with Crippen molar-refractivity contribution in [3.63, 3.8) is 0 Å². The fraction of sp³-hybridized carbons (Fsp3) is 0.643. The maximum absolute atomic E-state index is 12.0. The van der Waals surface area contributed by atoms with Gasteiger partial charge in [0.1, 0.15) is 5.15 Å². The molecule has 1 aliphatic rings. The number of nitrogens with two attached hydrogens (primary N) is 1. The van der Waals surface area contributed by atoms with Crippen LogP contribution in [-0.2, 0) is 4.79 Å². The summed E-state index contributed by atoms with van der Waals surface area (Å²) < 4.78 is 0. The lowest BCUT2D eigenvalue weighted by atomic mass is 9.90. The molecule has 2 rings (SSSR count). The van der Waals surface area contributed by atoms with Crippen LogP contribution in [0.3, 0.4) is 0 Å². The summed E-state index contributed by atoms with van der Waals surface area (Å²) in [6.07, 6.45) is 1.70. The predicted molar refractivity (Wildman–Crippen MR) is 83.5 cm³/mol. The number of nitrogens with one attached hydrogen (secondary N) is 2. The van der Waals surface area contributed by atoms with Crippen molar-refractivity contribution >= 4 is 23.4 Å². The molecule has 2 atom stereocenters. The van der Waals surface area contributed by atoms with E-state index < -0.39 is 6.04 Å². The first-order valence-electron chi connectivity index (χ1n) is 7.44. The van der Waals surface area contributed by atoms with Crippen molar-refractivity contribution in [2.45, 2.75) is 38.8 Å². The van der Waals surface area contributed by atoms with Gasteiger partial charge >= 0.3 is 0 Å². The molecule has 4 N–H and O–H groups in total. The first-order valence-corrected chi connectivity index (χ1v) is 7.82. The second kappa shape index (κ2) is 7.11. The van der Waals surface area contributed by atoms with E-state index in [1.807, 2.05) is 6.92 Å². The zero-order valence-electron chi connectivity index (χ0n) is 12.8. The Bertz CT molecular complexity index is 537. The number of hydrogen-bond donors (Lipinski definition) is 3. The van der Waals surface area contributed by atoms with E-state index in [1.165, 1.54) is 6.07 Å². The fourth-order valence-corrected chi connectivity index (χ4v) is 2.87. The quantitative estimate of drug-likeness (QED) is 0.759. The van der Waals surface area contributed by atoms with E-state index in [0.717, 1.165) is 12.8 Å². The second-order valence-electron chi connectivity index (χ2n) is 5.81. The van der Waals surface area contributed by atoms with Crippen LogP contribution in [0.25, 0.3) is 0 Å². The number of halogens is 1. The molecule has 122 valence electrons. The molecule has 22 heavy (non-hydrogen) atoms. The number of likely N-dealkylation sites (tertiary alicyclic amines) is 1. The molecule has 1 saturated heterocycles. The van der Waals surface area contributed by atoms with Gasteiger partial charge in [-0.25, -0.2) is 0 Å². The second-order valence-corrected chi connectivity index (χ2v) is 6.22. The summed E-state index contributed by atoms with van der Waals surface area (Å²) >= 11 is 5.72. The molecule has 2 heterocycles. The molecule has 0 aromatic carbocycles. The number of piperidine rings is 1. The number of aromatic nitrogens is 2. The van der Waals surface area contributed by atoms with Crippen molar-refractivity contribution in [2.24, 2.45) is 11.7 Å². The van der Waals surface area contributed by atoms with Gasteiger partial charge in [-0.2, -0.15) is 5.10 Å². The molecule has 1 aromatic heterocycles. The smallest absolute Gasteiger partial charge is 0.272 e. The SMILES string of the molecule is CC(NC(=O)c1cc(Cl)[nH]n1)C1CCN(C(=O)[C@H](C)N)CC1. The van der Waals surface area contributed by atoms with Crippen molar-refractivity contribution in [1.82, 2.24) is 20.4 Å². The summed E-state index contributed by atoms with van der Waals surface area (Å²) in [6, 6.07) is 1.04. The Labute approximate surface area is 134 Å². The van der Waals surface area contributed by atoms with Crippen LogP contribution in [0, 0.1) is 5.92 Å². The van der Waals surface area contributed by atoms with Crippen LogP contribution in [0.5, 0.6) is 0 Å². The van der Waals surface area contributed by atoms with Crippen LogP contribution in [0.1, 0.15) is 37.2 Å². The van der Waals surface area contributed by atoms with E-state index in [9.17, 15) is 9.59 Å². The highest BCUT2D eigenvalue weighted by Crippen LogP contribution is 2.21. The molecule has 0 radical (unpaired) electrons. The lowest BCUT2D eigenvalue weighted by Gasteiger charge is -2.35. The Balaban J connectivity index is 1.83. The highest BCUT2D eigenvalue weighted by molar-refractivity contribution is 6.29. The highest BCUT2D eigenvalue weighted by atomic mass is 35.5. The molecule has 1 fully saturated rings. The van der Waals surface area contributed by atoms with E-state index in [2.05, 4.69) is 15.5 Å². The van der Waals surface area contributed by atoms with Gasteiger partial charge in [0.25, 0.3) is 5.91 Å². The third-order valence-electron chi connectivity index (χ3n) is 4.09. The van der Waals surface area contributed by atoms with Crippen molar-refractivity contribution < 1.29 is 9.59 Å². The Hall–Kier alpha value is -1.60. The number of rotatable bonds is 4. The Morgan fingerprint density at radius 1 is 1.45 bits per heavy atom. The standard InChI is InChI=1S/C14H22ClN5O2/c1-8(16)14(22)20-5-3-10(4-6-20)9(2)17-13(21)11-7-12(15)19-18-11/h7-10H,3-6,16H2,1-2H3,(H,17,21)(H,18,19)/t8-,9?/m0/s1. The Morgan fingerprint density at radius 2 is 2.09 bits per heavy atom. The van der Waals surface area contributed by atoms with Gasteiger partial charge < -0.3 is 16.0 Å². The van der Waals surface area contributed by atoms with Gasteiger partial charge in [-0.3, -0.25) is 14.7 Å². The van der Waals surface area contributed by atoms with Gasteiger partial charge in [-0.1, -0.05) is 11.6 Å². The van der Waals surface area contributed by atoms with Crippen LogP contribution in [0.4, 0.5) is 0 Å². The summed E-state index contributed by atoms with van der Waals surface area (Å²) in [5.41, 5.74) is 5.90. The van der Waals surface area contributed by atoms with Crippen LogP contribution in [0.2, 0.25) is 5.15 Å². The largest absolute Gasteiger partial charge is 0.348 e. The molecule has 7 nitrogen and oxygen atoms in total. The Morgan fingerprint density at radius 3 is 2.59 bits per heavy atom. The molecule has 8 heteroatoms. The number of carbonyl (C=O) groups is 2. The highest BCUT2D eigenvalue weighted by Gasteiger charge is 2.28. The van der Waals surface area contributed by atoms with Gasteiger partial charge in [0, 0.05) is 25.2 Å². The lowest BCUT2D eigenvalue weighted by molar-refractivity contribution is -0.133. The maximum Gasteiger partial charge on any atom is 0.272 e. The number of carbonyl (C=O) groups excluding carboxylic acids is 2. The molecule has 2 amide bonds. The van der Waals surface area contributed by atoms with E-state index in [-0.39, 0.29) is 23.6 Å². The summed E-state index contributed by atoms with van der Waals surface area (Å²) in [6.45, 7) is 5.03. The summed E-state index contributed by atoms with van der Waals surface area (Å²) in [7, 11) is 0. The molecule has 1 unspecified atom stereocenters. The number of nitrogens with zero attached hydrogens (tertiary/aromatic N) is 2. The van der Waals surface area contributed by atoms with Crippen LogP contribution in [-0.4, -0.2) is 52.1 Å². The van der Waals surface area contributed by atoms with Crippen molar-refractivity contribution in [2.75, 3.05) is 13.1 Å². The summed E-state index contributed by atoms with van der Waals surface area (Å²) in [5.74, 6) is 0.0709. The number of hydrogen-bond acceptors (Lipinski definition) is 4. The van der Waals surface area contributed by atoms with E-state index >= 15 is 0 Å². The molecule has 0 bridgehead atoms. The molecule has 0 aliphatic carbocycles. The number of aromatic amines is 1. The topological polar surface area (TPSA) is 104 Å². The average molecular weight is 328 g/mol. The zero-order valence-corrected chi connectivity index (χ0v) is 13.6. The molecule has 0 saturated carbocycles. The first kappa shape index (κ1) is 16.8. The van der Waals surface area contributed by atoms with Crippen molar-refractivity contribution in [3.05, 3.63) is 16.9 Å². The van der Waals surface area contributed by atoms with E-state index in [4.69, 9.17) is 17.3 Å². The first-order chi connectivity index (χ1) is 10.4. The minimum absolute atomic E-state index is 0.00975. The van der Waals surface area contributed by atoms with Crippen LogP contribution >= 0.6 is 11.6 Å². The van der Waals surface area contributed by atoms with Crippen molar-refractivity contribution in [1.29, 1.82) is 0 Å². The molecular formula is C14H22ClN5O2. The van der Waals surface area contributed by atoms with Crippen LogP contribution in [0.15, 0.2) is 6.07 Å². The van der Waals surface area contributed by atoms with Gasteiger partial charge in [-0.15, -0.1) is 0 Å². The van der Waals surface area contributed by atoms with Gasteiger partial charge in [-0.05, 0) is 32.6 Å².